The van der Waals surface area contributed by atoms with Gasteiger partial charge in [-0.2, -0.15) is 0 Å². The molecule has 1 amide bonds. The van der Waals surface area contributed by atoms with Crippen molar-refractivity contribution in [3.05, 3.63) is 0 Å². The predicted octanol–water partition coefficient (Wildman–Crippen LogP) is 2.70. The Bertz CT molecular complexity index is 450. The van der Waals surface area contributed by atoms with Gasteiger partial charge in [0.15, 0.2) is 0 Å². The minimum absolute atomic E-state index is 0.266. The number of carboxylic acid groups (broad SMARTS) is 1. The third kappa shape index (κ3) is 8.20. The molecule has 0 aliphatic heterocycles. The predicted molar refractivity (Wildman–Crippen MR) is 91.0 cm³/mol. The maximum Gasteiger partial charge on any atom is 0.411 e. The van der Waals surface area contributed by atoms with Crippen molar-refractivity contribution in [3.8, 4) is 0 Å². The second-order valence-corrected chi connectivity index (χ2v) is 6.31. The molecule has 0 aromatic rings. The molecule has 0 saturated carbocycles. The molecule has 146 valence electrons. The van der Waals surface area contributed by atoms with Gasteiger partial charge in [-0.15, -0.1) is 0 Å². The van der Waals surface area contributed by atoms with Crippen molar-refractivity contribution >= 4 is 18.0 Å². The number of aliphatic carboxylic acids is 1. The average molecular weight is 361 g/mol. The first-order valence-electron chi connectivity index (χ1n) is 8.51. The molecule has 0 rings (SSSR count). The van der Waals surface area contributed by atoms with Gasteiger partial charge in [0.1, 0.15) is 11.6 Å². The number of carbonyl (C=O) groups is 3. The first-order valence-corrected chi connectivity index (χ1v) is 8.51. The zero-order valence-electron chi connectivity index (χ0n) is 16.0. The van der Waals surface area contributed by atoms with Crippen LogP contribution in [0.25, 0.3) is 0 Å². The minimum atomic E-state index is -1.48. The molecule has 0 saturated heterocycles. The van der Waals surface area contributed by atoms with Crippen molar-refractivity contribution in [2.75, 3.05) is 7.11 Å². The first-order chi connectivity index (χ1) is 11.6. The van der Waals surface area contributed by atoms with Gasteiger partial charge in [0.2, 0.25) is 0 Å². The number of ether oxygens (including phenoxy) is 3. The number of carbonyl (C=O) groups excluding carboxylic acids is 2. The second kappa shape index (κ2) is 10.9. The van der Waals surface area contributed by atoms with Crippen LogP contribution in [0.15, 0.2) is 0 Å². The molecule has 0 spiro atoms. The maximum absolute atomic E-state index is 12.1. The van der Waals surface area contributed by atoms with Gasteiger partial charge >= 0.3 is 18.0 Å². The topological polar surface area (TPSA) is 111 Å². The van der Waals surface area contributed by atoms with Gasteiger partial charge in [0.25, 0.3) is 6.29 Å². The van der Waals surface area contributed by atoms with Crippen molar-refractivity contribution in [1.82, 2.24) is 5.32 Å². The summed E-state index contributed by atoms with van der Waals surface area (Å²) in [5.74, 6) is -1.41. The molecule has 2 N–H and O–H groups in total. The Morgan fingerprint density at radius 1 is 1.16 bits per heavy atom. The van der Waals surface area contributed by atoms with Crippen molar-refractivity contribution in [2.45, 2.75) is 78.2 Å². The number of nitrogens with one attached hydrogen (secondary N) is 1. The Balaban J connectivity index is 4.96. The second-order valence-electron chi connectivity index (χ2n) is 6.31. The Morgan fingerprint density at radius 2 is 1.72 bits per heavy atom. The Labute approximate surface area is 149 Å². The summed E-state index contributed by atoms with van der Waals surface area (Å²) in [6.07, 6.45) is -0.133. The molecule has 0 aromatic heterocycles. The molecule has 8 nitrogen and oxygen atoms in total. The summed E-state index contributed by atoms with van der Waals surface area (Å²) in [7, 11) is 1.37. The summed E-state index contributed by atoms with van der Waals surface area (Å²) in [4.78, 5) is 34.8. The number of esters is 1. The van der Waals surface area contributed by atoms with Crippen LogP contribution >= 0.6 is 0 Å². The zero-order valence-corrected chi connectivity index (χ0v) is 16.0. The van der Waals surface area contributed by atoms with E-state index in [2.05, 4.69) is 5.32 Å². The average Bonchev–Trinajstić information content (AvgIpc) is 2.53. The molecular weight excluding hydrogens is 330 g/mol. The number of rotatable bonds is 11. The van der Waals surface area contributed by atoms with E-state index in [1.807, 2.05) is 13.8 Å². The fourth-order valence-corrected chi connectivity index (χ4v) is 2.26. The van der Waals surface area contributed by atoms with Crippen molar-refractivity contribution in [2.24, 2.45) is 5.92 Å². The lowest BCUT2D eigenvalue weighted by molar-refractivity contribution is -0.186. The standard InChI is InChI=1S/C17H31NO7/c1-7-13(8-2)9-10-17(5,15(20)21)18-16(22)25-14(11(3)23-6)24-12(4)19/h11,13-14H,7-10H2,1-6H3,(H,18,22)(H,20,21)/t11?,14-,17+/m1/s1. The quantitative estimate of drug-likeness (QED) is 0.430. The van der Waals surface area contributed by atoms with E-state index in [9.17, 15) is 19.5 Å². The lowest BCUT2D eigenvalue weighted by Crippen LogP contribution is -2.53. The Kier molecular flexibility index (Phi) is 10.1. The molecule has 8 heteroatoms. The van der Waals surface area contributed by atoms with Gasteiger partial charge in [0, 0.05) is 14.0 Å². The van der Waals surface area contributed by atoms with Crippen LogP contribution in [0, 0.1) is 5.92 Å². The fraction of sp³-hybridized carbons (Fsp3) is 0.824. The summed E-state index contributed by atoms with van der Waals surface area (Å²) in [6, 6.07) is 0. The largest absolute Gasteiger partial charge is 0.480 e. The minimum Gasteiger partial charge on any atom is -0.480 e. The van der Waals surface area contributed by atoms with Crippen LogP contribution in [-0.4, -0.2) is 48.2 Å². The van der Waals surface area contributed by atoms with Gasteiger partial charge in [-0.3, -0.25) is 4.79 Å². The van der Waals surface area contributed by atoms with Crippen LogP contribution in [0.5, 0.6) is 0 Å². The van der Waals surface area contributed by atoms with Crippen molar-refractivity contribution in [1.29, 1.82) is 0 Å². The third-order valence-corrected chi connectivity index (χ3v) is 4.32. The highest BCUT2D eigenvalue weighted by Crippen LogP contribution is 2.22. The van der Waals surface area contributed by atoms with Crippen LogP contribution in [0.2, 0.25) is 0 Å². The molecule has 0 radical (unpaired) electrons. The highest BCUT2D eigenvalue weighted by Gasteiger charge is 2.37. The first kappa shape index (κ1) is 23.2. The van der Waals surface area contributed by atoms with E-state index in [1.165, 1.54) is 21.0 Å². The number of hydrogen-bond donors (Lipinski definition) is 2. The van der Waals surface area contributed by atoms with Gasteiger partial charge in [-0.05, 0) is 32.6 Å². The van der Waals surface area contributed by atoms with E-state index in [4.69, 9.17) is 14.2 Å². The molecule has 0 bridgehead atoms. The Morgan fingerprint density at radius 3 is 2.12 bits per heavy atom. The van der Waals surface area contributed by atoms with Crippen LogP contribution in [0.1, 0.15) is 60.3 Å². The smallest absolute Gasteiger partial charge is 0.411 e. The summed E-state index contributed by atoms with van der Waals surface area (Å²) < 4.78 is 14.9. The number of hydrogen-bond acceptors (Lipinski definition) is 6. The van der Waals surface area contributed by atoms with Gasteiger partial charge < -0.3 is 24.6 Å². The monoisotopic (exact) mass is 361 g/mol. The number of alkyl carbamates (subject to hydrolysis) is 1. The van der Waals surface area contributed by atoms with Crippen LogP contribution < -0.4 is 5.32 Å². The molecule has 0 heterocycles. The number of carboxylic acids is 1. The van der Waals surface area contributed by atoms with Gasteiger partial charge in [0.05, 0.1) is 0 Å². The molecule has 3 atom stereocenters. The van der Waals surface area contributed by atoms with Crippen molar-refractivity contribution in [3.63, 3.8) is 0 Å². The maximum atomic E-state index is 12.1. The molecule has 0 aliphatic rings. The van der Waals surface area contributed by atoms with E-state index >= 15 is 0 Å². The molecule has 0 aliphatic carbocycles. The third-order valence-electron chi connectivity index (χ3n) is 4.32. The van der Waals surface area contributed by atoms with Crippen LogP contribution in [0.4, 0.5) is 4.79 Å². The number of methoxy groups -OCH3 is 1. The highest BCUT2D eigenvalue weighted by atomic mass is 16.7. The van der Waals surface area contributed by atoms with Crippen molar-refractivity contribution < 1.29 is 33.7 Å². The van der Waals surface area contributed by atoms with E-state index < -0.39 is 36.0 Å². The summed E-state index contributed by atoms with van der Waals surface area (Å²) >= 11 is 0. The molecule has 0 aromatic carbocycles. The van der Waals surface area contributed by atoms with Gasteiger partial charge in [-0.1, -0.05) is 26.7 Å². The molecular formula is C17H31NO7. The highest BCUT2D eigenvalue weighted by molar-refractivity contribution is 5.83. The van der Waals surface area contributed by atoms with E-state index in [1.54, 1.807) is 6.92 Å². The Hall–Kier alpha value is -1.83. The molecule has 25 heavy (non-hydrogen) atoms. The van der Waals surface area contributed by atoms with Crippen LogP contribution in [-0.2, 0) is 23.8 Å². The van der Waals surface area contributed by atoms with Crippen LogP contribution in [0.3, 0.4) is 0 Å². The van der Waals surface area contributed by atoms with Gasteiger partial charge in [-0.25, -0.2) is 9.59 Å². The SMILES string of the molecule is CCC(CC)CC[C@](C)(NC(=O)O[C@@H](OC(C)=O)C(C)OC)C(=O)O. The lowest BCUT2D eigenvalue weighted by atomic mass is 9.88. The summed E-state index contributed by atoms with van der Waals surface area (Å²) in [6.45, 7) is 8.26. The summed E-state index contributed by atoms with van der Waals surface area (Å²) in [5.41, 5.74) is -1.48. The summed E-state index contributed by atoms with van der Waals surface area (Å²) in [5, 5.41) is 11.9. The number of amides is 1. The molecule has 1 unspecified atom stereocenters. The normalized spacial score (nSPS) is 15.8. The van der Waals surface area contributed by atoms with E-state index in [0.29, 0.717) is 12.3 Å². The fourth-order valence-electron chi connectivity index (χ4n) is 2.26. The zero-order chi connectivity index (χ0) is 19.6. The van der Waals surface area contributed by atoms with E-state index in [0.717, 1.165) is 12.8 Å². The van der Waals surface area contributed by atoms with E-state index in [-0.39, 0.29) is 6.42 Å². The lowest BCUT2D eigenvalue weighted by Gasteiger charge is -2.29. The molecule has 0 fully saturated rings.